The van der Waals surface area contributed by atoms with Gasteiger partial charge in [0.15, 0.2) is 0 Å². The van der Waals surface area contributed by atoms with Gasteiger partial charge in [-0.05, 0) is 38.7 Å². The molecule has 0 radical (unpaired) electrons. The lowest BCUT2D eigenvalue weighted by Crippen LogP contribution is -2.34. The Balaban J connectivity index is 2.22. The van der Waals surface area contributed by atoms with Crippen molar-refractivity contribution in [1.29, 1.82) is 0 Å². The third-order valence-corrected chi connectivity index (χ3v) is 4.22. The lowest BCUT2D eigenvalue weighted by molar-refractivity contribution is 0.0749. The van der Waals surface area contributed by atoms with E-state index < -0.39 is 0 Å². The molecule has 128 valence electrons. The molecule has 0 atom stereocenters. The van der Waals surface area contributed by atoms with Crippen LogP contribution in [0.4, 0.5) is 5.95 Å². The molecule has 2 rings (SSSR count). The summed E-state index contributed by atoms with van der Waals surface area (Å²) in [6.07, 6.45) is 6.84. The van der Waals surface area contributed by atoms with Crippen LogP contribution >= 0.6 is 0 Å². The highest BCUT2D eigenvalue weighted by atomic mass is 16.2. The standard InChI is InChI=1S/C18H30N4O/c1-4-10-21(11-5-2)17(23)16-14-15(3)19-18(20-16)22-12-8-6-7-9-13-22/h14H,4-13H2,1-3H3. The van der Waals surface area contributed by atoms with Crippen LogP contribution in [-0.2, 0) is 0 Å². The van der Waals surface area contributed by atoms with Crippen molar-refractivity contribution in [3.63, 3.8) is 0 Å². The van der Waals surface area contributed by atoms with Crippen LogP contribution in [0.1, 0.15) is 68.6 Å². The van der Waals surface area contributed by atoms with E-state index in [4.69, 9.17) is 0 Å². The van der Waals surface area contributed by atoms with Crippen molar-refractivity contribution in [2.24, 2.45) is 0 Å². The van der Waals surface area contributed by atoms with E-state index in [0.29, 0.717) is 5.69 Å². The van der Waals surface area contributed by atoms with Crippen molar-refractivity contribution in [1.82, 2.24) is 14.9 Å². The van der Waals surface area contributed by atoms with Gasteiger partial charge in [0.2, 0.25) is 5.95 Å². The van der Waals surface area contributed by atoms with Gasteiger partial charge < -0.3 is 9.80 Å². The number of hydrogen-bond donors (Lipinski definition) is 0. The van der Waals surface area contributed by atoms with Gasteiger partial charge in [0.05, 0.1) is 0 Å². The molecule has 1 aromatic rings. The summed E-state index contributed by atoms with van der Waals surface area (Å²) in [5.41, 5.74) is 1.41. The molecule has 23 heavy (non-hydrogen) atoms. The van der Waals surface area contributed by atoms with Crippen molar-refractivity contribution in [3.8, 4) is 0 Å². The molecule has 0 spiro atoms. The molecule has 0 unspecified atom stereocenters. The smallest absolute Gasteiger partial charge is 0.272 e. The second-order valence-electron chi connectivity index (χ2n) is 6.39. The fraction of sp³-hybridized carbons (Fsp3) is 0.722. The minimum Gasteiger partial charge on any atom is -0.341 e. The van der Waals surface area contributed by atoms with E-state index in [1.807, 2.05) is 17.9 Å². The first kappa shape index (κ1) is 17.7. The fourth-order valence-electron chi connectivity index (χ4n) is 3.09. The van der Waals surface area contributed by atoms with Crippen LogP contribution in [0.2, 0.25) is 0 Å². The van der Waals surface area contributed by atoms with Crippen LogP contribution in [0.15, 0.2) is 6.07 Å². The molecule has 5 heteroatoms. The van der Waals surface area contributed by atoms with Crippen LogP contribution in [0.3, 0.4) is 0 Å². The van der Waals surface area contributed by atoms with Crippen molar-refractivity contribution >= 4 is 11.9 Å². The lowest BCUT2D eigenvalue weighted by Gasteiger charge is -2.23. The molecule has 0 N–H and O–H groups in total. The minimum atomic E-state index is 0.0373. The van der Waals surface area contributed by atoms with Gasteiger partial charge in [-0.25, -0.2) is 9.97 Å². The summed E-state index contributed by atoms with van der Waals surface area (Å²) >= 11 is 0. The predicted octanol–water partition coefficient (Wildman–Crippen LogP) is 3.43. The lowest BCUT2D eigenvalue weighted by atomic mass is 10.2. The highest BCUT2D eigenvalue weighted by molar-refractivity contribution is 5.92. The van der Waals surface area contributed by atoms with Gasteiger partial charge in [0.1, 0.15) is 5.69 Å². The molecule has 1 fully saturated rings. The molecule has 1 aromatic heterocycles. The normalized spacial score (nSPS) is 15.3. The van der Waals surface area contributed by atoms with Crippen molar-refractivity contribution in [2.75, 3.05) is 31.1 Å². The van der Waals surface area contributed by atoms with Gasteiger partial charge >= 0.3 is 0 Å². The van der Waals surface area contributed by atoms with Gasteiger partial charge in [-0.1, -0.05) is 26.7 Å². The first-order chi connectivity index (χ1) is 11.2. The van der Waals surface area contributed by atoms with Crippen LogP contribution < -0.4 is 4.90 Å². The molecule has 5 nitrogen and oxygen atoms in total. The molecular formula is C18H30N4O. The first-order valence-corrected chi connectivity index (χ1v) is 9.05. The van der Waals surface area contributed by atoms with Crippen LogP contribution in [0.5, 0.6) is 0 Å². The Bertz CT molecular complexity index is 504. The molecule has 0 saturated carbocycles. The Hall–Kier alpha value is -1.65. The maximum atomic E-state index is 12.8. The van der Waals surface area contributed by atoms with E-state index in [9.17, 15) is 4.79 Å². The van der Waals surface area contributed by atoms with E-state index in [-0.39, 0.29) is 5.91 Å². The summed E-state index contributed by atoms with van der Waals surface area (Å²) in [5.74, 6) is 0.762. The third kappa shape index (κ3) is 4.91. The molecule has 0 aromatic carbocycles. The van der Waals surface area contributed by atoms with Gasteiger partial charge in [-0.2, -0.15) is 0 Å². The quantitative estimate of drug-likeness (QED) is 0.806. The second kappa shape index (κ2) is 8.85. The molecule has 1 aliphatic rings. The number of amides is 1. The number of rotatable bonds is 6. The van der Waals surface area contributed by atoms with Crippen LogP contribution in [-0.4, -0.2) is 47.0 Å². The molecule has 2 heterocycles. The van der Waals surface area contributed by atoms with Gasteiger partial charge in [0.25, 0.3) is 5.91 Å². The second-order valence-corrected chi connectivity index (χ2v) is 6.39. The Kier molecular flexibility index (Phi) is 6.81. The summed E-state index contributed by atoms with van der Waals surface area (Å²) < 4.78 is 0. The van der Waals surface area contributed by atoms with Crippen molar-refractivity contribution in [3.05, 3.63) is 17.5 Å². The number of hydrogen-bond acceptors (Lipinski definition) is 4. The number of aryl methyl sites for hydroxylation is 1. The number of nitrogens with zero attached hydrogens (tertiary/aromatic N) is 4. The summed E-state index contributed by atoms with van der Waals surface area (Å²) in [4.78, 5) is 26.1. The van der Waals surface area contributed by atoms with Gasteiger partial charge in [-0.3, -0.25) is 4.79 Å². The third-order valence-electron chi connectivity index (χ3n) is 4.22. The predicted molar refractivity (Wildman–Crippen MR) is 93.9 cm³/mol. The summed E-state index contributed by atoms with van der Waals surface area (Å²) in [5, 5.41) is 0. The summed E-state index contributed by atoms with van der Waals surface area (Å²) in [6.45, 7) is 9.70. The van der Waals surface area contributed by atoms with E-state index in [0.717, 1.165) is 50.7 Å². The van der Waals surface area contributed by atoms with Crippen molar-refractivity contribution < 1.29 is 4.79 Å². The largest absolute Gasteiger partial charge is 0.341 e. The molecule has 1 amide bonds. The first-order valence-electron chi connectivity index (χ1n) is 9.05. The SMILES string of the molecule is CCCN(CCC)C(=O)c1cc(C)nc(N2CCCCCC2)n1. The Morgan fingerprint density at radius 2 is 1.70 bits per heavy atom. The number of carbonyl (C=O) groups is 1. The number of anilines is 1. The molecule has 0 bridgehead atoms. The zero-order chi connectivity index (χ0) is 16.7. The van der Waals surface area contributed by atoms with E-state index >= 15 is 0 Å². The van der Waals surface area contributed by atoms with Gasteiger partial charge in [0, 0.05) is 31.9 Å². The number of aromatic nitrogens is 2. The minimum absolute atomic E-state index is 0.0373. The summed E-state index contributed by atoms with van der Waals surface area (Å²) in [7, 11) is 0. The Morgan fingerprint density at radius 3 is 2.26 bits per heavy atom. The van der Waals surface area contributed by atoms with E-state index in [1.54, 1.807) is 0 Å². The topological polar surface area (TPSA) is 49.3 Å². The zero-order valence-corrected chi connectivity index (χ0v) is 14.8. The Labute approximate surface area is 140 Å². The van der Waals surface area contributed by atoms with Crippen LogP contribution in [0, 0.1) is 6.92 Å². The Morgan fingerprint density at radius 1 is 1.09 bits per heavy atom. The molecular weight excluding hydrogens is 288 g/mol. The zero-order valence-electron chi connectivity index (χ0n) is 14.8. The molecule has 1 aliphatic heterocycles. The summed E-state index contributed by atoms with van der Waals surface area (Å²) in [6, 6.07) is 1.82. The van der Waals surface area contributed by atoms with Gasteiger partial charge in [-0.15, -0.1) is 0 Å². The molecule has 1 saturated heterocycles. The van der Waals surface area contributed by atoms with Crippen LogP contribution in [0.25, 0.3) is 0 Å². The number of carbonyl (C=O) groups excluding carboxylic acids is 1. The maximum Gasteiger partial charge on any atom is 0.272 e. The highest BCUT2D eigenvalue weighted by Gasteiger charge is 2.20. The highest BCUT2D eigenvalue weighted by Crippen LogP contribution is 2.17. The fourth-order valence-corrected chi connectivity index (χ4v) is 3.09. The van der Waals surface area contributed by atoms with E-state index in [2.05, 4.69) is 28.7 Å². The van der Waals surface area contributed by atoms with E-state index in [1.165, 1.54) is 25.7 Å². The average Bonchev–Trinajstić information content (AvgIpc) is 2.82. The monoisotopic (exact) mass is 318 g/mol. The maximum absolute atomic E-state index is 12.8. The average molecular weight is 318 g/mol. The molecule has 0 aliphatic carbocycles. The van der Waals surface area contributed by atoms with Crippen molar-refractivity contribution in [2.45, 2.75) is 59.3 Å².